The fourth-order valence-corrected chi connectivity index (χ4v) is 2.78. The van der Waals surface area contributed by atoms with Gasteiger partial charge in [0, 0.05) is 11.1 Å². The molecule has 0 aliphatic carbocycles. The van der Waals surface area contributed by atoms with E-state index in [1.807, 2.05) is 18.2 Å². The zero-order valence-electron chi connectivity index (χ0n) is 10.2. The van der Waals surface area contributed by atoms with Crippen LogP contribution in [0.3, 0.4) is 0 Å². The number of nitrogens with zero attached hydrogens (tertiary/aromatic N) is 2. The maximum absolute atomic E-state index is 5.80. The molecule has 0 fully saturated rings. The van der Waals surface area contributed by atoms with Crippen molar-refractivity contribution in [2.75, 3.05) is 11.5 Å². The summed E-state index contributed by atoms with van der Waals surface area (Å²) in [5.41, 5.74) is 7.53. The van der Waals surface area contributed by atoms with Gasteiger partial charge in [-0.05, 0) is 36.3 Å². The highest BCUT2D eigenvalue weighted by molar-refractivity contribution is 7.99. The first kappa shape index (κ1) is 12.2. The average Bonchev–Trinajstić information content (AvgIpc) is 2.29. The van der Waals surface area contributed by atoms with Crippen molar-refractivity contribution in [1.29, 1.82) is 0 Å². The van der Waals surface area contributed by atoms with E-state index >= 15 is 0 Å². The Morgan fingerprint density at radius 2 is 2.12 bits per heavy atom. The molecule has 0 saturated heterocycles. The molecule has 1 aromatic heterocycles. The van der Waals surface area contributed by atoms with E-state index in [9.17, 15) is 0 Å². The van der Waals surface area contributed by atoms with Gasteiger partial charge in [-0.15, -0.1) is 11.8 Å². The second-order valence-corrected chi connectivity index (χ2v) is 5.57. The van der Waals surface area contributed by atoms with Crippen molar-refractivity contribution in [3.8, 4) is 0 Å². The molecule has 1 heterocycles. The van der Waals surface area contributed by atoms with Gasteiger partial charge < -0.3 is 5.73 Å². The van der Waals surface area contributed by atoms with Crippen molar-refractivity contribution in [3.05, 3.63) is 24.5 Å². The van der Waals surface area contributed by atoms with E-state index < -0.39 is 0 Å². The van der Waals surface area contributed by atoms with E-state index in [1.165, 1.54) is 6.42 Å². The van der Waals surface area contributed by atoms with Crippen LogP contribution in [0.5, 0.6) is 0 Å². The Bertz CT molecular complexity index is 511. The molecule has 4 heteroatoms. The lowest BCUT2D eigenvalue weighted by Crippen LogP contribution is -1.93. The van der Waals surface area contributed by atoms with Crippen LogP contribution in [0.25, 0.3) is 10.9 Å². The summed E-state index contributed by atoms with van der Waals surface area (Å²) in [6.07, 6.45) is 2.81. The van der Waals surface area contributed by atoms with E-state index in [1.54, 1.807) is 18.1 Å². The fraction of sp³-hybridized carbons (Fsp3) is 0.385. The first-order valence-corrected chi connectivity index (χ1v) is 6.78. The molecule has 0 saturated carbocycles. The molecule has 2 rings (SSSR count). The van der Waals surface area contributed by atoms with Crippen LogP contribution in [-0.2, 0) is 0 Å². The van der Waals surface area contributed by atoms with Gasteiger partial charge >= 0.3 is 0 Å². The van der Waals surface area contributed by atoms with Crippen molar-refractivity contribution in [1.82, 2.24) is 9.97 Å². The monoisotopic (exact) mass is 247 g/mol. The molecule has 0 atom stereocenters. The summed E-state index contributed by atoms with van der Waals surface area (Å²) in [7, 11) is 0. The fourth-order valence-electron chi connectivity index (χ4n) is 1.56. The number of nitrogens with two attached hydrogens (primary N) is 1. The smallest absolute Gasteiger partial charge is 0.117 e. The molecular formula is C13H17N3S. The zero-order chi connectivity index (χ0) is 12.3. The highest BCUT2D eigenvalue weighted by Crippen LogP contribution is 2.27. The summed E-state index contributed by atoms with van der Waals surface area (Å²) in [6, 6.07) is 5.77. The standard InChI is InChI=1S/C13H17N3S/c1-9(2)5-6-17-13-11-7-10(14)3-4-12(11)15-8-16-13/h3-4,7-9H,5-6,14H2,1-2H3. The predicted molar refractivity (Wildman–Crippen MR) is 74.1 cm³/mol. The van der Waals surface area contributed by atoms with E-state index in [-0.39, 0.29) is 0 Å². The van der Waals surface area contributed by atoms with Crippen molar-refractivity contribution >= 4 is 28.4 Å². The van der Waals surface area contributed by atoms with Crippen molar-refractivity contribution in [2.45, 2.75) is 25.3 Å². The van der Waals surface area contributed by atoms with Crippen LogP contribution in [0, 0.1) is 5.92 Å². The largest absolute Gasteiger partial charge is 0.399 e. The van der Waals surface area contributed by atoms with E-state index in [0.29, 0.717) is 0 Å². The number of hydrogen-bond donors (Lipinski definition) is 1. The second kappa shape index (κ2) is 5.36. The van der Waals surface area contributed by atoms with E-state index in [4.69, 9.17) is 5.73 Å². The highest BCUT2D eigenvalue weighted by atomic mass is 32.2. The van der Waals surface area contributed by atoms with Gasteiger partial charge in [0.2, 0.25) is 0 Å². The lowest BCUT2D eigenvalue weighted by atomic mass is 10.2. The van der Waals surface area contributed by atoms with Gasteiger partial charge in [0.05, 0.1) is 5.52 Å². The Hall–Kier alpha value is -1.29. The van der Waals surface area contributed by atoms with Gasteiger partial charge in [-0.1, -0.05) is 13.8 Å². The van der Waals surface area contributed by atoms with Crippen molar-refractivity contribution in [2.24, 2.45) is 5.92 Å². The SMILES string of the molecule is CC(C)CCSc1ncnc2ccc(N)cc12. The lowest BCUT2D eigenvalue weighted by Gasteiger charge is -2.06. The van der Waals surface area contributed by atoms with Gasteiger partial charge in [-0.2, -0.15) is 0 Å². The minimum Gasteiger partial charge on any atom is -0.399 e. The topological polar surface area (TPSA) is 51.8 Å². The number of hydrogen-bond acceptors (Lipinski definition) is 4. The van der Waals surface area contributed by atoms with Crippen molar-refractivity contribution < 1.29 is 0 Å². The molecule has 0 unspecified atom stereocenters. The van der Waals surface area contributed by atoms with Crippen LogP contribution in [0.2, 0.25) is 0 Å². The third kappa shape index (κ3) is 3.09. The van der Waals surface area contributed by atoms with Gasteiger partial charge in [0.25, 0.3) is 0 Å². The molecule has 0 amide bonds. The summed E-state index contributed by atoms with van der Waals surface area (Å²) >= 11 is 1.78. The molecule has 0 spiro atoms. The Morgan fingerprint density at radius 1 is 1.29 bits per heavy atom. The molecule has 0 aliphatic heterocycles. The van der Waals surface area contributed by atoms with Crippen LogP contribution in [0.15, 0.2) is 29.6 Å². The molecule has 0 bridgehead atoms. The number of rotatable bonds is 4. The number of benzene rings is 1. The first-order valence-electron chi connectivity index (χ1n) is 5.80. The third-order valence-electron chi connectivity index (χ3n) is 2.56. The molecule has 2 N–H and O–H groups in total. The molecule has 1 aromatic carbocycles. The number of aromatic nitrogens is 2. The quantitative estimate of drug-likeness (QED) is 0.511. The van der Waals surface area contributed by atoms with Crippen molar-refractivity contribution in [3.63, 3.8) is 0 Å². The Labute approximate surface area is 106 Å². The second-order valence-electron chi connectivity index (χ2n) is 4.49. The van der Waals surface area contributed by atoms with Gasteiger partial charge in [-0.3, -0.25) is 0 Å². The first-order chi connectivity index (χ1) is 8.16. The predicted octanol–water partition coefficient (Wildman–Crippen LogP) is 3.35. The zero-order valence-corrected chi connectivity index (χ0v) is 11.0. The maximum atomic E-state index is 5.80. The molecular weight excluding hydrogens is 230 g/mol. The summed E-state index contributed by atoms with van der Waals surface area (Å²) < 4.78 is 0. The molecule has 90 valence electrons. The molecule has 0 aliphatic rings. The molecule has 3 nitrogen and oxygen atoms in total. The average molecular weight is 247 g/mol. The number of anilines is 1. The van der Waals surface area contributed by atoms with Crippen LogP contribution >= 0.6 is 11.8 Å². The number of nitrogen functional groups attached to an aromatic ring is 1. The van der Waals surface area contributed by atoms with E-state index in [0.717, 1.165) is 33.3 Å². The van der Waals surface area contributed by atoms with Gasteiger partial charge in [0.15, 0.2) is 0 Å². The maximum Gasteiger partial charge on any atom is 0.117 e. The summed E-state index contributed by atoms with van der Waals surface area (Å²) in [6.45, 7) is 4.47. The van der Waals surface area contributed by atoms with Crippen LogP contribution in [0.1, 0.15) is 20.3 Å². The third-order valence-corrected chi connectivity index (χ3v) is 3.60. The molecule has 2 aromatic rings. The summed E-state index contributed by atoms with van der Waals surface area (Å²) in [5, 5.41) is 2.09. The number of fused-ring (bicyclic) bond motifs is 1. The lowest BCUT2D eigenvalue weighted by molar-refractivity contribution is 0.632. The van der Waals surface area contributed by atoms with E-state index in [2.05, 4.69) is 23.8 Å². The minimum atomic E-state index is 0.723. The summed E-state index contributed by atoms with van der Waals surface area (Å²) in [4.78, 5) is 8.59. The summed E-state index contributed by atoms with van der Waals surface area (Å²) in [5.74, 6) is 1.80. The number of thioether (sulfide) groups is 1. The molecule has 0 radical (unpaired) electrons. The highest BCUT2D eigenvalue weighted by Gasteiger charge is 2.05. The minimum absolute atomic E-state index is 0.723. The Morgan fingerprint density at radius 3 is 2.88 bits per heavy atom. The normalized spacial score (nSPS) is 11.2. The van der Waals surface area contributed by atoms with Gasteiger partial charge in [-0.25, -0.2) is 9.97 Å². The van der Waals surface area contributed by atoms with Gasteiger partial charge in [0.1, 0.15) is 11.4 Å². The Balaban J connectivity index is 2.24. The van der Waals surface area contributed by atoms with Crippen LogP contribution in [-0.4, -0.2) is 15.7 Å². The molecule has 17 heavy (non-hydrogen) atoms. The van der Waals surface area contributed by atoms with Crippen LogP contribution < -0.4 is 5.73 Å². The Kier molecular flexibility index (Phi) is 3.84. The van der Waals surface area contributed by atoms with Crippen LogP contribution in [0.4, 0.5) is 5.69 Å².